The van der Waals surface area contributed by atoms with E-state index in [1.807, 2.05) is 0 Å². The van der Waals surface area contributed by atoms with Crippen molar-refractivity contribution in [3.63, 3.8) is 0 Å². The van der Waals surface area contributed by atoms with E-state index in [2.05, 4.69) is 9.71 Å². The predicted molar refractivity (Wildman–Crippen MR) is 71.8 cm³/mol. The topological polar surface area (TPSA) is 80.5 Å². The van der Waals surface area contributed by atoms with E-state index in [0.717, 1.165) is 0 Å². The lowest BCUT2D eigenvalue weighted by molar-refractivity contribution is 0.565. The average molecular weight is 307 g/mol. The molecule has 0 aromatic carbocycles. The molecular formula is C9H13N3O3S3. The van der Waals surface area contributed by atoms with Crippen LogP contribution < -0.4 is 4.72 Å². The fourth-order valence-corrected chi connectivity index (χ4v) is 4.59. The predicted octanol–water partition coefficient (Wildman–Crippen LogP) is 0.441. The van der Waals surface area contributed by atoms with Crippen molar-refractivity contribution in [2.45, 2.75) is 18.0 Å². The standard InChI is InChI=1S/C9H13N3O3S3/c1-7(6-17(2)13)11-18(14,15)8-5-10-9-12(8)3-4-16-9/h3-5,7,11H,6H2,1-2H3. The minimum Gasteiger partial charge on any atom is -0.280 e. The molecule has 0 radical (unpaired) electrons. The molecule has 2 heterocycles. The van der Waals surface area contributed by atoms with Crippen molar-refractivity contribution in [2.24, 2.45) is 0 Å². The third-order valence-electron chi connectivity index (χ3n) is 2.23. The van der Waals surface area contributed by atoms with Gasteiger partial charge in [0, 0.05) is 40.4 Å². The van der Waals surface area contributed by atoms with Gasteiger partial charge in [0.05, 0.1) is 6.20 Å². The Labute approximate surface area is 112 Å². The van der Waals surface area contributed by atoms with Gasteiger partial charge in [0.15, 0.2) is 9.99 Å². The van der Waals surface area contributed by atoms with E-state index in [1.54, 1.807) is 24.8 Å². The normalized spacial score (nSPS) is 15.9. The SMILES string of the molecule is CC(CS(C)=O)NS(=O)(=O)c1cnc2sccn12. The summed E-state index contributed by atoms with van der Waals surface area (Å²) in [4.78, 5) is 4.64. The molecule has 2 rings (SSSR count). The van der Waals surface area contributed by atoms with Gasteiger partial charge < -0.3 is 0 Å². The van der Waals surface area contributed by atoms with Crippen molar-refractivity contribution in [3.05, 3.63) is 17.8 Å². The average Bonchev–Trinajstić information content (AvgIpc) is 2.73. The highest BCUT2D eigenvalue weighted by Gasteiger charge is 2.22. The van der Waals surface area contributed by atoms with Crippen LogP contribution in [-0.2, 0) is 20.8 Å². The molecule has 6 nitrogen and oxygen atoms in total. The highest BCUT2D eigenvalue weighted by molar-refractivity contribution is 7.89. The molecule has 2 aromatic heterocycles. The van der Waals surface area contributed by atoms with Crippen LogP contribution in [0.5, 0.6) is 0 Å². The number of thiazole rings is 1. The van der Waals surface area contributed by atoms with Crippen molar-refractivity contribution in [1.82, 2.24) is 14.1 Å². The molecule has 0 saturated heterocycles. The highest BCUT2D eigenvalue weighted by Crippen LogP contribution is 2.16. The number of imidazole rings is 1. The Hall–Kier alpha value is -0.770. The molecule has 0 aliphatic carbocycles. The molecule has 2 unspecified atom stereocenters. The summed E-state index contributed by atoms with van der Waals surface area (Å²) in [6, 6.07) is -0.384. The number of rotatable bonds is 5. The Balaban J connectivity index is 2.27. The molecule has 9 heteroatoms. The van der Waals surface area contributed by atoms with Gasteiger partial charge in [0.1, 0.15) is 0 Å². The van der Waals surface area contributed by atoms with Crippen molar-refractivity contribution < 1.29 is 12.6 Å². The molecule has 2 aromatic rings. The molecule has 0 saturated carbocycles. The van der Waals surface area contributed by atoms with Gasteiger partial charge in [-0.1, -0.05) is 0 Å². The number of nitrogens with zero attached hydrogens (tertiary/aromatic N) is 2. The number of fused-ring (bicyclic) bond motifs is 1. The van der Waals surface area contributed by atoms with E-state index in [9.17, 15) is 12.6 Å². The van der Waals surface area contributed by atoms with Crippen molar-refractivity contribution in [2.75, 3.05) is 12.0 Å². The smallest absolute Gasteiger partial charge is 0.258 e. The maximum absolute atomic E-state index is 12.1. The van der Waals surface area contributed by atoms with Gasteiger partial charge in [0.25, 0.3) is 10.0 Å². The van der Waals surface area contributed by atoms with Crippen LogP contribution in [0, 0.1) is 0 Å². The van der Waals surface area contributed by atoms with Crippen LogP contribution in [0.15, 0.2) is 22.8 Å². The lowest BCUT2D eigenvalue weighted by Crippen LogP contribution is -2.36. The first kappa shape index (κ1) is 13.7. The Kier molecular flexibility index (Phi) is 3.85. The van der Waals surface area contributed by atoms with Crippen LogP contribution in [0.25, 0.3) is 4.96 Å². The molecule has 2 atom stereocenters. The van der Waals surface area contributed by atoms with Gasteiger partial charge in [-0.05, 0) is 6.92 Å². The van der Waals surface area contributed by atoms with Gasteiger partial charge in [0.2, 0.25) is 0 Å². The zero-order valence-corrected chi connectivity index (χ0v) is 12.3. The minimum absolute atomic E-state index is 0.104. The van der Waals surface area contributed by atoms with E-state index in [4.69, 9.17) is 0 Å². The van der Waals surface area contributed by atoms with Gasteiger partial charge >= 0.3 is 0 Å². The summed E-state index contributed by atoms with van der Waals surface area (Å²) >= 11 is 1.36. The van der Waals surface area contributed by atoms with Crippen LogP contribution in [-0.4, -0.2) is 40.1 Å². The van der Waals surface area contributed by atoms with Crippen molar-refractivity contribution in [3.8, 4) is 0 Å². The van der Waals surface area contributed by atoms with E-state index in [0.29, 0.717) is 4.96 Å². The summed E-state index contributed by atoms with van der Waals surface area (Å²) in [5.74, 6) is 0.283. The van der Waals surface area contributed by atoms with Gasteiger partial charge in [-0.15, -0.1) is 11.3 Å². The summed E-state index contributed by atoms with van der Waals surface area (Å²) < 4.78 is 39.3. The lowest BCUT2D eigenvalue weighted by atomic mass is 10.4. The van der Waals surface area contributed by atoms with Crippen LogP contribution in [0.1, 0.15) is 6.92 Å². The molecule has 0 amide bonds. The van der Waals surface area contributed by atoms with E-state index in [-0.39, 0.29) is 16.8 Å². The summed E-state index contributed by atoms with van der Waals surface area (Å²) in [6.07, 6.45) is 4.52. The summed E-state index contributed by atoms with van der Waals surface area (Å²) in [7, 11) is -4.68. The molecule has 0 aliphatic heterocycles. The maximum Gasteiger partial charge on any atom is 0.258 e. The number of aromatic nitrogens is 2. The molecule has 0 fully saturated rings. The summed E-state index contributed by atoms with van der Waals surface area (Å²) in [5, 5.41) is 1.87. The molecule has 0 spiro atoms. The fraction of sp³-hybridized carbons (Fsp3) is 0.444. The van der Waals surface area contributed by atoms with Crippen LogP contribution in [0.3, 0.4) is 0 Å². The van der Waals surface area contributed by atoms with Crippen LogP contribution in [0.2, 0.25) is 0 Å². The Bertz CT molecular complexity index is 673. The summed E-state index contributed by atoms with van der Waals surface area (Å²) in [6.45, 7) is 1.69. The van der Waals surface area contributed by atoms with E-state index in [1.165, 1.54) is 21.9 Å². The van der Waals surface area contributed by atoms with Crippen LogP contribution >= 0.6 is 11.3 Å². The first-order valence-electron chi connectivity index (χ1n) is 5.13. The van der Waals surface area contributed by atoms with Gasteiger partial charge in [-0.3, -0.25) is 8.61 Å². The molecule has 18 heavy (non-hydrogen) atoms. The molecule has 1 N–H and O–H groups in total. The summed E-state index contributed by atoms with van der Waals surface area (Å²) in [5.41, 5.74) is 0. The Morgan fingerprint density at radius 1 is 1.61 bits per heavy atom. The third kappa shape index (κ3) is 2.79. The van der Waals surface area contributed by atoms with Gasteiger partial charge in [-0.25, -0.2) is 18.1 Å². The zero-order chi connectivity index (χ0) is 13.3. The lowest BCUT2D eigenvalue weighted by Gasteiger charge is -2.11. The van der Waals surface area contributed by atoms with Crippen LogP contribution in [0.4, 0.5) is 0 Å². The van der Waals surface area contributed by atoms with Gasteiger partial charge in [-0.2, -0.15) is 0 Å². The number of sulfonamides is 1. The monoisotopic (exact) mass is 307 g/mol. The quantitative estimate of drug-likeness (QED) is 0.869. The minimum atomic E-state index is -3.64. The first-order chi connectivity index (χ1) is 8.40. The molecular weight excluding hydrogens is 294 g/mol. The highest BCUT2D eigenvalue weighted by atomic mass is 32.2. The first-order valence-corrected chi connectivity index (χ1v) is 9.22. The number of hydrogen-bond donors (Lipinski definition) is 1. The molecule has 0 bridgehead atoms. The molecule has 0 aliphatic rings. The zero-order valence-electron chi connectivity index (χ0n) is 9.86. The largest absolute Gasteiger partial charge is 0.280 e. The maximum atomic E-state index is 12.1. The van der Waals surface area contributed by atoms with Crippen molar-refractivity contribution >= 4 is 37.1 Å². The number of nitrogens with one attached hydrogen (secondary N) is 1. The second-order valence-electron chi connectivity index (χ2n) is 3.91. The second-order valence-corrected chi connectivity index (χ2v) is 7.93. The Morgan fingerprint density at radius 2 is 2.33 bits per heavy atom. The Morgan fingerprint density at radius 3 is 3.00 bits per heavy atom. The van der Waals surface area contributed by atoms with E-state index < -0.39 is 20.8 Å². The second kappa shape index (κ2) is 5.08. The van der Waals surface area contributed by atoms with Crippen molar-refractivity contribution in [1.29, 1.82) is 0 Å². The number of hydrogen-bond acceptors (Lipinski definition) is 5. The third-order valence-corrected chi connectivity index (χ3v) is 5.53. The van der Waals surface area contributed by atoms with E-state index >= 15 is 0 Å². The fourth-order valence-electron chi connectivity index (χ4n) is 1.62. The molecule has 100 valence electrons.